The first kappa shape index (κ1) is 14.8. The maximum Gasteiger partial charge on any atom is 0.0445 e. The molecule has 2 aliphatic rings. The van der Waals surface area contributed by atoms with Crippen molar-refractivity contribution in [2.75, 3.05) is 32.1 Å². The van der Waals surface area contributed by atoms with E-state index < -0.39 is 0 Å². The fourth-order valence-corrected chi connectivity index (χ4v) is 3.17. The number of hydrogen-bond donors (Lipinski definition) is 1. The molecule has 4 nitrogen and oxygen atoms in total. The van der Waals surface area contributed by atoms with Gasteiger partial charge in [0.25, 0.3) is 0 Å². The van der Waals surface area contributed by atoms with E-state index in [1.807, 2.05) is 0 Å². The van der Waals surface area contributed by atoms with Crippen molar-refractivity contribution >= 4 is 5.69 Å². The number of nitrogens with zero attached hydrogens (tertiary/aromatic N) is 3. The van der Waals surface area contributed by atoms with E-state index in [9.17, 15) is 0 Å². The van der Waals surface area contributed by atoms with Crippen LogP contribution in [0.2, 0.25) is 0 Å². The summed E-state index contributed by atoms with van der Waals surface area (Å²) in [5.41, 5.74) is 3.87. The SMILES string of the molecule is Cc1cc(N2CCC(N(C)C)CC2)c(CNC2CC2)cn1. The third-order valence-electron chi connectivity index (χ3n) is 4.79. The van der Waals surface area contributed by atoms with Crippen LogP contribution in [0.4, 0.5) is 5.69 Å². The van der Waals surface area contributed by atoms with Crippen molar-refractivity contribution in [1.29, 1.82) is 0 Å². The number of piperidine rings is 1. The van der Waals surface area contributed by atoms with Crippen molar-refractivity contribution in [1.82, 2.24) is 15.2 Å². The first-order valence-corrected chi connectivity index (χ1v) is 8.24. The number of aryl methyl sites for hydroxylation is 1. The first-order chi connectivity index (χ1) is 10.1. The Balaban J connectivity index is 1.69. The van der Waals surface area contributed by atoms with Crippen LogP contribution in [0, 0.1) is 6.92 Å². The zero-order chi connectivity index (χ0) is 14.8. The molecule has 2 heterocycles. The molecule has 0 unspecified atom stereocenters. The third-order valence-corrected chi connectivity index (χ3v) is 4.79. The molecule has 0 spiro atoms. The van der Waals surface area contributed by atoms with E-state index >= 15 is 0 Å². The molecule has 0 bridgehead atoms. The second kappa shape index (κ2) is 6.32. The molecule has 1 aromatic rings. The van der Waals surface area contributed by atoms with Crippen molar-refractivity contribution in [3.8, 4) is 0 Å². The van der Waals surface area contributed by atoms with Crippen LogP contribution in [-0.2, 0) is 6.54 Å². The average Bonchev–Trinajstić information content (AvgIpc) is 3.30. The molecule has 0 radical (unpaired) electrons. The van der Waals surface area contributed by atoms with E-state index in [-0.39, 0.29) is 0 Å². The van der Waals surface area contributed by atoms with Crippen LogP contribution in [-0.4, -0.2) is 49.2 Å². The maximum absolute atomic E-state index is 4.50. The largest absolute Gasteiger partial charge is 0.371 e. The van der Waals surface area contributed by atoms with Gasteiger partial charge in [0.05, 0.1) is 0 Å². The summed E-state index contributed by atoms with van der Waals surface area (Å²) < 4.78 is 0. The molecule has 1 aliphatic carbocycles. The van der Waals surface area contributed by atoms with E-state index in [1.165, 1.54) is 36.9 Å². The lowest BCUT2D eigenvalue weighted by Gasteiger charge is -2.37. The third kappa shape index (κ3) is 3.74. The Hall–Kier alpha value is -1.13. The van der Waals surface area contributed by atoms with Gasteiger partial charge in [0.15, 0.2) is 0 Å². The molecule has 1 aliphatic heterocycles. The molecule has 0 amide bonds. The minimum Gasteiger partial charge on any atom is -0.371 e. The Labute approximate surface area is 128 Å². The molecule has 1 aromatic heterocycles. The molecule has 0 atom stereocenters. The number of aromatic nitrogens is 1. The normalized spacial score (nSPS) is 20.3. The average molecular weight is 288 g/mol. The van der Waals surface area contributed by atoms with Crippen LogP contribution in [0.1, 0.15) is 36.9 Å². The van der Waals surface area contributed by atoms with Crippen LogP contribution in [0.15, 0.2) is 12.3 Å². The zero-order valence-electron chi connectivity index (χ0n) is 13.6. The molecule has 2 fully saturated rings. The maximum atomic E-state index is 4.50. The van der Waals surface area contributed by atoms with E-state index in [2.05, 4.69) is 53.4 Å². The van der Waals surface area contributed by atoms with Crippen LogP contribution >= 0.6 is 0 Å². The number of anilines is 1. The van der Waals surface area contributed by atoms with E-state index in [0.717, 1.165) is 37.4 Å². The highest BCUT2D eigenvalue weighted by Gasteiger charge is 2.24. The summed E-state index contributed by atoms with van der Waals surface area (Å²) in [5, 5.41) is 3.62. The Morgan fingerprint density at radius 2 is 1.95 bits per heavy atom. The van der Waals surface area contributed by atoms with Gasteiger partial charge in [-0.25, -0.2) is 0 Å². The summed E-state index contributed by atoms with van der Waals surface area (Å²) in [6.45, 7) is 5.36. The molecule has 21 heavy (non-hydrogen) atoms. The molecule has 116 valence electrons. The van der Waals surface area contributed by atoms with E-state index in [1.54, 1.807) is 0 Å². The molecular weight excluding hydrogens is 260 g/mol. The lowest BCUT2D eigenvalue weighted by Crippen LogP contribution is -2.42. The Bertz CT molecular complexity index is 474. The Morgan fingerprint density at radius 1 is 1.24 bits per heavy atom. The topological polar surface area (TPSA) is 31.4 Å². The van der Waals surface area contributed by atoms with Crippen molar-refractivity contribution in [3.05, 3.63) is 23.5 Å². The second-order valence-electron chi connectivity index (χ2n) is 6.79. The Kier molecular flexibility index (Phi) is 4.45. The molecule has 1 saturated carbocycles. The predicted molar refractivity (Wildman–Crippen MR) is 87.8 cm³/mol. The summed E-state index contributed by atoms with van der Waals surface area (Å²) in [6.07, 6.45) is 7.25. The van der Waals surface area contributed by atoms with Crippen molar-refractivity contribution in [2.45, 2.75) is 51.2 Å². The molecule has 3 rings (SSSR count). The summed E-state index contributed by atoms with van der Waals surface area (Å²) in [4.78, 5) is 9.42. The highest BCUT2D eigenvalue weighted by molar-refractivity contribution is 5.54. The Morgan fingerprint density at radius 3 is 2.57 bits per heavy atom. The number of nitrogens with one attached hydrogen (secondary N) is 1. The van der Waals surface area contributed by atoms with Gasteiger partial charge >= 0.3 is 0 Å². The summed E-state index contributed by atoms with van der Waals surface area (Å²) in [7, 11) is 4.39. The van der Waals surface area contributed by atoms with Gasteiger partial charge in [-0.15, -0.1) is 0 Å². The van der Waals surface area contributed by atoms with Gasteiger partial charge in [-0.3, -0.25) is 4.98 Å². The molecule has 1 N–H and O–H groups in total. The van der Waals surface area contributed by atoms with Crippen molar-refractivity contribution in [3.63, 3.8) is 0 Å². The number of rotatable bonds is 5. The van der Waals surface area contributed by atoms with Gasteiger partial charge < -0.3 is 15.1 Å². The van der Waals surface area contributed by atoms with Gasteiger partial charge in [0.1, 0.15) is 0 Å². The van der Waals surface area contributed by atoms with E-state index in [0.29, 0.717) is 0 Å². The lowest BCUT2D eigenvalue weighted by molar-refractivity contribution is 0.249. The van der Waals surface area contributed by atoms with Crippen LogP contribution < -0.4 is 10.2 Å². The summed E-state index contributed by atoms with van der Waals surface area (Å²) >= 11 is 0. The fraction of sp³-hybridized carbons (Fsp3) is 0.706. The minimum atomic E-state index is 0.734. The predicted octanol–water partition coefficient (Wildman–Crippen LogP) is 2.17. The lowest BCUT2D eigenvalue weighted by atomic mass is 10.0. The standard InChI is InChI=1S/C17H28N4/c1-13-10-17(14(11-18-13)12-19-15-4-5-15)21-8-6-16(7-9-21)20(2)3/h10-11,15-16,19H,4-9,12H2,1-3H3. The fourth-order valence-electron chi connectivity index (χ4n) is 3.17. The van der Waals surface area contributed by atoms with Gasteiger partial charge in [-0.2, -0.15) is 0 Å². The van der Waals surface area contributed by atoms with E-state index in [4.69, 9.17) is 0 Å². The molecule has 1 saturated heterocycles. The van der Waals surface area contributed by atoms with Crippen molar-refractivity contribution < 1.29 is 0 Å². The summed E-state index contributed by atoms with van der Waals surface area (Å²) in [5.74, 6) is 0. The van der Waals surface area contributed by atoms with Gasteiger partial charge in [0, 0.05) is 54.9 Å². The molecule has 0 aromatic carbocycles. The van der Waals surface area contributed by atoms with Gasteiger partial charge in [-0.05, 0) is 52.8 Å². The smallest absolute Gasteiger partial charge is 0.0445 e. The molecule has 4 heteroatoms. The van der Waals surface area contributed by atoms with Crippen LogP contribution in [0.3, 0.4) is 0 Å². The summed E-state index contributed by atoms with van der Waals surface area (Å²) in [6, 6.07) is 3.75. The van der Waals surface area contributed by atoms with Gasteiger partial charge in [0.2, 0.25) is 0 Å². The second-order valence-corrected chi connectivity index (χ2v) is 6.79. The number of hydrogen-bond acceptors (Lipinski definition) is 4. The highest BCUT2D eigenvalue weighted by Crippen LogP contribution is 2.27. The number of pyridine rings is 1. The highest BCUT2D eigenvalue weighted by atomic mass is 15.2. The quantitative estimate of drug-likeness (QED) is 0.900. The minimum absolute atomic E-state index is 0.734. The molecular formula is C17H28N4. The van der Waals surface area contributed by atoms with Crippen LogP contribution in [0.25, 0.3) is 0 Å². The van der Waals surface area contributed by atoms with Crippen LogP contribution in [0.5, 0.6) is 0 Å². The van der Waals surface area contributed by atoms with Gasteiger partial charge in [-0.1, -0.05) is 0 Å². The first-order valence-electron chi connectivity index (χ1n) is 8.24. The monoisotopic (exact) mass is 288 g/mol. The zero-order valence-corrected chi connectivity index (χ0v) is 13.6. The van der Waals surface area contributed by atoms with Crippen molar-refractivity contribution in [2.24, 2.45) is 0 Å².